The van der Waals surface area contributed by atoms with Crippen molar-refractivity contribution in [2.75, 3.05) is 7.11 Å². The summed E-state index contributed by atoms with van der Waals surface area (Å²) >= 11 is 0. The van der Waals surface area contributed by atoms with E-state index in [1.54, 1.807) is 0 Å². The molecule has 0 fully saturated rings. The maximum absolute atomic E-state index is 8.83. The fraction of sp³-hybridized carbons (Fsp3) is 0.111. The first-order chi connectivity index (χ1) is 5.31. The van der Waals surface area contributed by atoms with Gasteiger partial charge in [-0.25, -0.2) is 0 Å². The van der Waals surface area contributed by atoms with E-state index in [1.165, 1.54) is 13.6 Å². The second-order valence-corrected chi connectivity index (χ2v) is 1.77. The maximum atomic E-state index is 8.83. The Hall–Kier alpha value is -0.337. The predicted molar refractivity (Wildman–Crippen MR) is 53.9 cm³/mol. The van der Waals surface area contributed by atoms with Crippen LogP contribution in [0.4, 0.5) is 0 Å². The van der Waals surface area contributed by atoms with Gasteiger partial charge in [0.2, 0.25) is 0 Å². The van der Waals surface area contributed by atoms with Crippen LogP contribution in [0.5, 0.6) is 0 Å². The summed E-state index contributed by atoms with van der Waals surface area (Å²) in [6.07, 6.45) is 0. The largest absolute Gasteiger partial charge is 2.00 e. The summed E-state index contributed by atoms with van der Waals surface area (Å²) in [5.41, 5.74) is 1.07. The number of halogens is 1. The van der Waals surface area contributed by atoms with Gasteiger partial charge in [0.1, 0.15) is 0 Å². The van der Waals surface area contributed by atoms with E-state index < -0.39 is 0 Å². The molecule has 2 nitrogen and oxygen atoms in total. The summed E-state index contributed by atoms with van der Waals surface area (Å²) in [6, 6.07) is 9.87. The Labute approximate surface area is 102 Å². The summed E-state index contributed by atoms with van der Waals surface area (Å²) in [5, 5.41) is 0. The molecule has 0 radical (unpaired) electrons. The molecule has 0 amide bonds. The van der Waals surface area contributed by atoms with Crippen LogP contribution in [0.2, 0.25) is 0 Å². The quantitative estimate of drug-likeness (QED) is 0.586. The topological polar surface area (TPSA) is 26.3 Å². The number of hydrogen-bond acceptors (Lipinski definition) is 2. The third-order valence-electron chi connectivity index (χ3n) is 0.926. The number of hydrogen-bond donors (Lipinski definition) is 0. The summed E-state index contributed by atoms with van der Waals surface area (Å²) in [4.78, 5) is 8.83. The van der Waals surface area contributed by atoms with Gasteiger partial charge in [-0.2, -0.15) is 24.6 Å². The average Bonchev–Trinajstić information content (AvgIpc) is 2.07. The van der Waals surface area contributed by atoms with E-state index in [4.69, 9.17) is 4.79 Å². The van der Waals surface area contributed by atoms with Crippen LogP contribution in [-0.4, -0.2) is 13.6 Å². The zero-order valence-corrected chi connectivity index (χ0v) is 12.2. The van der Waals surface area contributed by atoms with Crippen LogP contribution in [0.3, 0.4) is 0 Å². The van der Waals surface area contributed by atoms with E-state index in [0.29, 0.717) is 0 Å². The predicted octanol–water partition coefficient (Wildman–Crippen LogP) is 2.14. The van der Waals surface area contributed by atoms with Gasteiger partial charge in [-0.15, -0.1) is 29.1 Å². The molecule has 0 N–H and O–H groups in total. The van der Waals surface area contributed by atoms with Gasteiger partial charge in [0.25, 0.3) is 0 Å². The van der Waals surface area contributed by atoms with Crippen LogP contribution >= 0.6 is 17.0 Å². The molecule has 0 spiro atoms. The molecule has 1 rings (SSSR count). The van der Waals surface area contributed by atoms with Crippen molar-refractivity contribution in [2.45, 2.75) is 0 Å². The zero-order valence-electron chi connectivity index (χ0n) is 7.53. The molecular formula is C9H11BrO2Zn. The minimum Gasteiger partial charge on any atom is -0.655 e. The Morgan fingerprint density at radius 2 is 1.69 bits per heavy atom. The van der Waals surface area contributed by atoms with Crippen molar-refractivity contribution >= 4 is 23.5 Å². The Balaban J connectivity index is -0.000000150. The molecule has 0 bridgehead atoms. The second-order valence-electron chi connectivity index (χ2n) is 1.77. The van der Waals surface area contributed by atoms with Crippen molar-refractivity contribution < 1.29 is 29.0 Å². The fourth-order valence-corrected chi connectivity index (χ4v) is 0.478. The molecule has 0 aliphatic heterocycles. The molecule has 13 heavy (non-hydrogen) atoms. The molecule has 0 aliphatic carbocycles. The van der Waals surface area contributed by atoms with E-state index in [2.05, 4.69) is 11.7 Å². The normalized spacial score (nSPS) is 6.23. The molecule has 68 valence electrons. The van der Waals surface area contributed by atoms with E-state index in [0.717, 1.165) is 5.56 Å². The number of benzene rings is 1. The van der Waals surface area contributed by atoms with E-state index >= 15 is 0 Å². The Bertz CT molecular complexity index is 192. The molecule has 4 heteroatoms. The molecule has 1 aromatic carbocycles. The first kappa shape index (κ1) is 18.4. The summed E-state index contributed by atoms with van der Waals surface area (Å²) in [5.74, 6) is 0. The van der Waals surface area contributed by atoms with Crippen molar-refractivity contribution in [1.82, 2.24) is 0 Å². The van der Waals surface area contributed by atoms with Gasteiger partial charge >= 0.3 is 19.5 Å². The van der Waals surface area contributed by atoms with Gasteiger partial charge in [-0.3, -0.25) is 0 Å². The molecule has 0 aromatic heterocycles. The van der Waals surface area contributed by atoms with Crippen molar-refractivity contribution in [2.24, 2.45) is 0 Å². The van der Waals surface area contributed by atoms with Crippen molar-refractivity contribution in [3.05, 3.63) is 42.8 Å². The fourth-order valence-electron chi connectivity index (χ4n) is 0.478. The Morgan fingerprint density at radius 1 is 1.31 bits per heavy atom. The SMILES string of the molecule is Br.CO[C-]=O.[CH2-]c1ccccc1.[Zn+2]. The summed E-state index contributed by atoms with van der Waals surface area (Å²) in [7, 11) is 1.26. The van der Waals surface area contributed by atoms with E-state index in [9.17, 15) is 0 Å². The second kappa shape index (κ2) is 14.2. The first-order valence-electron chi connectivity index (χ1n) is 3.08. The van der Waals surface area contributed by atoms with Gasteiger partial charge in [-0.05, 0) is 0 Å². The van der Waals surface area contributed by atoms with Crippen LogP contribution in [0.1, 0.15) is 5.56 Å². The zero-order chi connectivity index (χ0) is 8.53. The van der Waals surface area contributed by atoms with E-state index in [-0.39, 0.29) is 36.5 Å². The number of methoxy groups -OCH3 is 1. The Morgan fingerprint density at radius 3 is 1.85 bits per heavy atom. The number of ether oxygens (including phenoxy) is 1. The van der Waals surface area contributed by atoms with Crippen molar-refractivity contribution in [3.63, 3.8) is 0 Å². The minimum absolute atomic E-state index is 0. The van der Waals surface area contributed by atoms with Crippen LogP contribution in [0.25, 0.3) is 0 Å². The monoisotopic (exact) mass is 294 g/mol. The van der Waals surface area contributed by atoms with Gasteiger partial charge in [0, 0.05) is 7.11 Å². The van der Waals surface area contributed by atoms with Gasteiger partial charge in [0.15, 0.2) is 0 Å². The summed E-state index contributed by atoms with van der Waals surface area (Å²) in [6.45, 7) is 4.90. The number of rotatable bonds is 1. The summed E-state index contributed by atoms with van der Waals surface area (Å²) < 4.78 is 3.74. The van der Waals surface area contributed by atoms with Crippen LogP contribution in [0, 0.1) is 6.92 Å². The maximum Gasteiger partial charge on any atom is 2.00 e. The van der Waals surface area contributed by atoms with Crippen molar-refractivity contribution in [1.29, 1.82) is 0 Å². The van der Waals surface area contributed by atoms with Crippen LogP contribution in [-0.2, 0) is 29.0 Å². The molecule has 0 saturated carbocycles. The smallest absolute Gasteiger partial charge is 0.655 e. The number of carbonyl (C=O) groups excluding carboxylic acids is 1. The molecular weight excluding hydrogens is 285 g/mol. The molecule has 0 atom stereocenters. The minimum atomic E-state index is 0. The third kappa shape index (κ3) is 14.5. The average molecular weight is 296 g/mol. The molecule has 0 unspecified atom stereocenters. The van der Waals surface area contributed by atoms with Gasteiger partial charge in [-0.1, -0.05) is 12.5 Å². The van der Waals surface area contributed by atoms with Crippen molar-refractivity contribution in [3.8, 4) is 0 Å². The molecule has 0 heterocycles. The van der Waals surface area contributed by atoms with Crippen LogP contribution < -0.4 is 0 Å². The van der Waals surface area contributed by atoms with Gasteiger partial charge in [0.05, 0.1) is 0 Å². The standard InChI is InChI=1S/C7H7.C2H3O2.BrH.Zn/c1-7-5-3-2-4-6-7;1-4-2-3;;/h2-6H,1H2;1H3;1H;/q2*-1;;+2. The van der Waals surface area contributed by atoms with E-state index in [1.807, 2.05) is 30.3 Å². The molecule has 0 saturated heterocycles. The van der Waals surface area contributed by atoms with Crippen LogP contribution in [0.15, 0.2) is 30.3 Å². The van der Waals surface area contributed by atoms with Gasteiger partial charge < -0.3 is 9.53 Å². The Kier molecular flexibility index (Phi) is 20.2. The molecule has 0 aliphatic rings. The third-order valence-corrected chi connectivity index (χ3v) is 0.926. The molecule has 1 aromatic rings. The first-order valence-corrected chi connectivity index (χ1v) is 3.08.